The highest BCUT2D eigenvalue weighted by molar-refractivity contribution is 5.90. The fraction of sp³-hybridized carbons (Fsp3) is 0.500. The molecule has 1 unspecified atom stereocenters. The van der Waals surface area contributed by atoms with Gasteiger partial charge in [-0.05, 0) is 37.6 Å². The molecule has 1 amide bonds. The first-order chi connectivity index (χ1) is 8.60. The molecule has 2 N–H and O–H groups in total. The van der Waals surface area contributed by atoms with Crippen molar-refractivity contribution in [1.82, 2.24) is 5.32 Å². The van der Waals surface area contributed by atoms with E-state index in [1.807, 2.05) is 25.2 Å². The number of carbonyl (C=O) groups excluding carboxylic acids is 1. The normalized spacial score (nSPS) is 12.0. The summed E-state index contributed by atoms with van der Waals surface area (Å²) < 4.78 is 5.23. The van der Waals surface area contributed by atoms with Gasteiger partial charge in [-0.25, -0.2) is 0 Å². The molecule has 100 valence electrons. The molecule has 0 aromatic heterocycles. The molecular formula is C14H22N2O2. The van der Waals surface area contributed by atoms with Crippen LogP contribution >= 0.6 is 0 Å². The van der Waals surface area contributed by atoms with Crippen LogP contribution in [0.4, 0.5) is 5.69 Å². The number of carbonyl (C=O) groups is 1. The molecule has 0 bridgehead atoms. The third-order valence-corrected chi connectivity index (χ3v) is 2.96. The van der Waals surface area contributed by atoms with Crippen molar-refractivity contribution >= 4 is 11.6 Å². The van der Waals surface area contributed by atoms with E-state index in [4.69, 9.17) is 4.74 Å². The smallest absolute Gasteiger partial charge is 0.221 e. The topological polar surface area (TPSA) is 50.4 Å². The number of likely N-dealkylation sites (N-methyl/N-ethyl adjacent to an activating group) is 1. The number of anilines is 1. The van der Waals surface area contributed by atoms with Crippen molar-refractivity contribution in [1.29, 1.82) is 0 Å². The van der Waals surface area contributed by atoms with Crippen molar-refractivity contribution in [2.24, 2.45) is 0 Å². The molecule has 1 aromatic rings. The van der Waals surface area contributed by atoms with Gasteiger partial charge in [0.2, 0.25) is 5.91 Å². The Morgan fingerprint density at radius 1 is 1.44 bits per heavy atom. The van der Waals surface area contributed by atoms with Crippen LogP contribution in [-0.2, 0) is 11.2 Å². The summed E-state index contributed by atoms with van der Waals surface area (Å²) in [6.45, 7) is 3.65. The van der Waals surface area contributed by atoms with E-state index in [9.17, 15) is 4.79 Å². The van der Waals surface area contributed by atoms with Crippen molar-refractivity contribution in [3.05, 3.63) is 23.8 Å². The number of rotatable bonds is 6. The van der Waals surface area contributed by atoms with Crippen LogP contribution in [0, 0.1) is 0 Å². The van der Waals surface area contributed by atoms with Gasteiger partial charge in [-0.3, -0.25) is 4.79 Å². The van der Waals surface area contributed by atoms with Crippen LogP contribution in [0.2, 0.25) is 0 Å². The Bertz CT molecular complexity index is 401. The highest BCUT2D eigenvalue weighted by Gasteiger charge is 2.09. The fourth-order valence-corrected chi connectivity index (χ4v) is 1.90. The Morgan fingerprint density at radius 2 is 2.17 bits per heavy atom. The number of benzene rings is 1. The Kier molecular flexibility index (Phi) is 5.65. The Hall–Kier alpha value is -1.55. The average molecular weight is 250 g/mol. The van der Waals surface area contributed by atoms with Gasteiger partial charge in [0, 0.05) is 13.0 Å². The molecule has 4 nitrogen and oxygen atoms in total. The van der Waals surface area contributed by atoms with E-state index >= 15 is 0 Å². The first kappa shape index (κ1) is 14.5. The molecule has 0 saturated heterocycles. The first-order valence-corrected chi connectivity index (χ1v) is 6.22. The standard InChI is InChI=1S/C14H22N2O2/c1-5-12(15-3)8-11-6-7-14(18-4)13(9-11)16-10(2)17/h6-7,9,12,15H,5,8H2,1-4H3,(H,16,17). The number of nitrogens with one attached hydrogen (secondary N) is 2. The third kappa shape index (κ3) is 4.04. The van der Waals surface area contributed by atoms with Gasteiger partial charge in [0.05, 0.1) is 12.8 Å². The highest BCUT2D eigenvalue weighted by Crippen LogP contribution is 2.26. The maximum atomic E-state index is 11.1. The van der Waals surface area contributed by atoms with Crippen LogP contribution in [0.1, 0.15) is 25.8 Å². The van der Waals surface area contributed by atoms with E-state index < -0.39 is 0 Å². The average Bonchev–Trinajstić information content (AvgIpc) is 2.35. The number of ether oxygens (including phenoxy) is 1. The van der Waals surface area contributed by atoms with Gasteiger partial charge >= 0.3 is 0 Å². The summed E-state index contributed by atoms with van der Waals surface area (Å²) in [5.41, 5.74) is 1.91. The van der Waals surface area contributed by atoms with Crippen molar-refractivity contribution in [3.8, 4) is 5.75 Å². The van der Waals surface area contributed by atoms with Crippen LogP contribution in [0.15, 0.2) is 18.2 Å². The lowest BCUT2D eigenvalue weighted by Gasteiger charge is -2.16. The Morgan fingerprint density at radius 3 is 2.67 bits per heavy atom. The zero-order valence-corrected chi connectivity index (χ0v) is 11.5. The second kappa shape index (κ2) is 7.01. The predicted molar refractivity (Wildman–Crippen MR) is 74.1 cm³/mol. The predicted octanol–water partition coefficient (Wildman–Crippen LogP) is 2.19. The summed E-state index contributed by atoms with van der Waals surface area (Å²) in [6, 6.07) is 6.34. The number of amides is 1. The van der Waals surface area contributed by atoms with Gasteiger partial charge in [-0.15, -0.1) is 0 Å². The van der Waals surface area contributed by atoms with Crippen molar-refractivity contribution < 1.29 is 9.53 Å². The second-order valence-electron chi connectivity index (χ2n) is 4.31. The van der Waals surface area contributed by atoms with E-state index in [0.29, 0.717) is 11.8 Å². The summed E-state index contributed by atoms with van der Waals surface area (Å²) in [7, 11) is 3.56. The molecule has 0 aliphatic rings. The quantitative estimate of drug-likeness (QED) is 0.813. The zero-order valence-electron chi connectivity index (χ0n) is 11.5. The Balaban J connectivity index is 2.91. The lowest BCUT2D eigenvalue weighted by atomic mass is 10.0. The molecular weight excluding hydrogens is 228 g/mol. The highest BCUT2D eigenvalue weighted by atomic mass is 16.5. The summed E-state index contributed by atoms with van der Waals surface area (Å²) in [5.74, 6) is 0.595. The lowest BCUT2D eigenvalue weighted by molar-refractivity contribution is -0.114. The fourth-order valence-electron chi connectivity index (χ4n) is 1.90. The molecule has 18 heavy (non-hydrogen) atoms. The second-order valence-corrected chi connectivity index (χ2v) is 4.31. The van der Waals surface area contributed by atoms with Crippen molar-refractivity contribution in [2.75, 3.05) is 19.5 Å². The van der Waals surface area contributed by atoms with Gasteiger partial charge in [0.1, 0.15) is 5.75 Å². The summed E-state index contributed by atoms with van der Waals surface area (Å²) in [4.78, 5) is 11.1. The van der Waals surface area contributed by atoms with E-state index in [1.54, 1.807) is 7.11 Å². The molecule has 0 aliphatic carbocycles. The van der Waals surface area contributed by atoms with Gasteiger partial charge in [0.25, 0.3) is 0 Å². The van der Waals surface area contributed by atoms with Crippen molar-refractivity contribution in [3.63, 3.8) is 0 Å². The van der Waals surface area contributed by atoms with Crippen LogP contribution in [0.5, 0.6) is 5.75 Å². The maximum absolute atomic E-state index is 11.1. The largest absolute Gasteiger partial charge is 0.495 e. The van der Waals surface area contributed by atoms with Crippen LogP contribution in [0.3, 0.4) is 0 Å². The zero-order chi connectivity index (χ0) is 13.5. The molecule has 0 fully saturated rings. The number of methoxy groups -OCH3 is 1. The minimum absolute atomic E-state index is 0.0916. The molecule has 0 radical (unpaired) electrons. The van der Waals surface area contributed by atoms with E-state index in [1.165, 1.54) is 12.5 Å². The summed E-state index contributed by atoms with van der Waals surface area (Å²) in [6.07, 6.45) is 2.00. The van der Waals surface area contributed by atoms with Crippen LogP contribution in [-0.4, -0.2) is 26.1 Å². The van der Waals surface area contributed by atoms with Gasteiger partial charge < -0.3 is 15.4 Å². The molecule has 0 heterocycles. The monoisotopic (exact) mass is 250 g/mol. The molecule has 1 atom stereocenters. The molecule has 0 spiro atoms. The third-order valence-electron chi connectivity index (χ3n) is 2.96. The minimum atomic E-state index is -0.0916. The first-order valence-electron chi connectivity index (χ1n) is 6.22. The minimum Gasteiger partial charge on any atom is -0.495 e. The maximum Gasteiger partial charge on any atom is 0.221 e. The molecule has 4 heteroatoms. The van der Waals surface area contributed by atoms with Crippen LogP contribution in [0.25, 0.3) is 0 Å². The van der Waals surface area contributed by atoms with Crippen LogP contribution < -0.4 is 15.4 Å². The van der Waals surface area contributed by atoms with Gasteiger partial charge in [-0.2, -0.15) is 0 Å². The van der Waals surface area contributed by atoms with Crippen molar-refractivity contribution in [2.45, 2.75) is 32.7 Å². The van der Waals surface area contributed by atoms with E-state index in [2.05, 4.69) is 17.6 Å². The number of hydrogen-bond donors (Lipinski definition) is 2. The lowest BCUT2D eigenvalue weighted by Crippen LogP contribution is -2.26. The molecule has 1 rings (SSSR count). The number of hydrogen-bond acceptors (Lipinski definition) is 3. The molecule has 0 saturated carbocycles. The van der Waals surface area contributed by atoms with E-state index in [-0.39, 0.29) is 5.91 Å². The SMILES string of the molecule is CCC(Cc1ccc(OC)c(NC(C)=O)c1)NC. The summed E-state index contributed by atoms with van der Waals surface area (Å²) >= 11 is 0. The molecule has 0 aliphatic heterocycles. The molecule has 1 aromatic carbocycles. The Labute approximate surface area is 109 Å². The summed E-state index contributed by atoms with van der Waals surface area (Å²) in [5, 5.41) is 6.06. The van der Waals surface area contributed by atoms with Gasteiger partial charge in [-0.1, -0.05) is 13.0 Å². The van der Waals surface area contributed by atoms with Gasteiger partial charge in [0.15, 0.2) is 0 Å². The van der Waals surface area contributed by atoms with E-state index in [0.717, 1.165) is 18.5 Å².